The first kappa shape index (κ1) is 7.94. The number of amides is 1. The minimum Gasteiger partial charge on any atom is -0.396 e. The normalized spacial score (nSPS) is 9.22. The molecule has 0 spiro atoms. The van der Waals surface area contributed by atoms with Crippen molar-refractivity contribution in [1.29, 1.82) is 5.41 Å². The number of carbonyl (C=O) groups is 1. The molecule has 0 fully saturated rings. The Kier molecular flexibility index (Phi) is 2.70. The fraction of sp³-hybridized carbons (Fsp3) is 0.600. The molecule has 9 heavy (non-hydrogen) atoms. The second kappa shape index (κ2) is 3.06. The van der Waals surface area contributed by atoms with E-state index in [1.165, 1.54) is 0 Å². The van der Waals surface area contributed by atoms with Gasteiger partial charge in [0.25, 0.3) is 0 Å². The number of nitrogens with one attached hydrogen (secondary N) is 1. The van der Waals surface area contributed by atoms with Gasteiger partial charge in [0.05, 0.1) is 0 Å². The van der Waals surface area contributed by atoms with Gasteiger partial charge in [-0.1, -0.05) is 13.8 Å². The molecule has 4 nitrogen and oxygen atoms in total. The van der Waals surface area contributed by atoms with E-state index in [2.05, 4.69) is 10.5 Å². The van der Waals surface area contributed by atoms with Crippen molar-refractivity contribution < 1.29 is 9.53 Å². The molecule has 0 rings (SSSR count). The Bertz CT molecular complexity index is 131. The molecule has 4 heteroatoms. The van der Waals surface area contributed by atoms with E-state index in [-0.39, 0.29) is 11.8 Å². The second-order valence-corrected chi connectivity index (χ2v) is 1.94. The summed E-state index contributed by atoms with van der Waals surface area (Å²) < 4.78 is 4.23. The molecule has 0 aromatic carbocycles. The standard InChI is InChI=1S/C5H10N2O2/c1-3(2)4(6)9-5(7)8/h3,6H,1-2H3,(H2,7,8). The molecule has 0 saturated carbocycles. The Morgan fingerprint density at radius 1 is 1.67 bits per heavy atom. The van der Waals surface area contributed by atoms with Crippen LogP contribution >= 0.6 is 0 Å². The molecule has 0 saturated heterocycles. The molecule has 0 unspecified atom stereocenters. The Morgan fingerprint density at radius 2 is 2.11 bits per heavy atom. The summed E-state index contributed by atoms with van der Waals surface area (Å²) >= 11 is 0. The van der Waals surface area contributed by atoms with Gasteiger partial charge in [-0.25, -0.2) is 4.79 Å². The number of ether oxygens (including phenoxy) is 1. The Labute approximate surface area is 53.5 Å². The van der Waals surface area contributed by atoms with Gasteiger partial charge in [-0.3, -0.25) is 5.41 Å². The zero-order valence-corrected chi connectivity index (χ0v) is 5.47. The lowest BCUT2D eigenvalue weighted by atomic mass is 10.2. The van der Waals surface area contributed by atoms with Gasteiger partial charge in [-0.05, 0) is 0 Å². The van der Waals surface area contributed by atoms with Crippen molar-refractivity contribution in [1.82, 2.24) is 0 Å². The maximum absolute atomic E-state index is 9.97. The van der Waals surface area contributed by atoms with E-state index in [4.69, 9.17) is 5.41 Å². The molecule has 0 atom stereocenters. The van der Waals surface area contributed by atoms with Crippen molar-refractivity contribution in [3.05, 3.63) is 0 Å². The fourth-order valence-electron chi connectivity index (χ4n) is 0.226. The van der Waals surface area contributed by atoms with Crippen LogP contribution < -0.4 is 5.73 Å². The Balaban J connectivity index is 3.64. The molecule has 0 aliphatic heterocycles. The molecule has 0 radical (unpaired) electrons. The lowest BCUT2D eigenvalue weighted by Gasteiger charge is -2.03. The summed E-state index contributed by atoms with van der Waals surface area (Å²) in [5, 5.41) is 6.95. The largest absolute Gasteiger partial charge is 0.411 e. The van der Waals surface area contributed by atoms with Gasteiger partial charge < -0.3 is 10.5 Å². The smallest absolute Gasteiger partial charge is 0.396 e. The first-order chi connectivity index (χ1) is 4.04. The van der Waals surface area contributed by atoms with Crippen LogP contribution in [0, 0.1) is 11.3 Å². The van der Waals surface area contributed by atoms with Gasteiger partial charge in [0, 0.05) is 5.92 Å². The van der Waals surface area contributed by atoms with E-state index >= 15 is 0 Å². The third-order valence-electron chi connectivity index (χ3n) is 0.735. The zero-order chi connectivity index (χ0) is 7.44. The summed E-state index contributed by atoms with van der Waals surface area (Å²) in [6, 6.07) is 0. The van der Waals surface area contributed by atoms with Gasteiger partial charge in [0.1, 0.15) is 0 Å². The van der Waals surface area contributed by atoms with Crippen molar-refractivity contribution in [3.63, 3.8) is 0 Å². The quantitative estimate of drug-likeness (QED) is 0.405. The SMILES string of the molecule is CC(C)C(=N)OC(N)=O. The van der Waals surface area contributed by atoms with Crippen LogP contribution in [0.1, 0.15) is 13.8 Å². The van der Waals surface area contributed by atoms with Crippen molar-refractivity contribution in [2.45, 2.75) is 13.8 Å². The van der Waals surface area contributed by atoms with Crippen LogP contribution in [0.4, 0.5) is 4.79 Å². The highest BCUT2D eigenvalue weighted by atomic mass is 16.6. The average Bonchev–Trinajstić information content (AvgIpc) is 1.63. The predicted octanol–water partition coefficient (Wildman–Crippen LogP) is 0.715. The summed E-state index contributed by atoms with van der Waals surface area (Å²) in [4.78, 5) is 9.97. The van der Waals surface area contributed by atoms with Gasteiger partial charge in [-0.15, -0.1) is 0 Å². The van der Waals surface area contributed by atoms with E-state index in [1.807, 2.05) is 0 Å². The highest BCUT2D eigenvalue weighted by Gasteiger charge is 2.05. The van der Waals surface area contributed by atoms with Crippen LogP contribution in [0.25, 0.3) is 0 Å². The number of carbonyl (C=O) groups excluding carboxylic acids is 1. The molecule has 0 heterocycles. The van der Waals surface area contributed by atoms with E-state index < -0.39 is 6.09 Å². The molecule has 0 aliphatic carbocycles. The summed E-state index contributed by atoms with van der Waals surface area (Å²) in [5.41, 5.74) is 4.63. The topological polar surface area (TPSA) is 76.2 Å². The van der Waals surface area contributed by atoms with E-state index in [0.29, 0.717) is 0 Å². The number of rotatable bonds is 1. The van der Waals surface area contributed by atoms with E-state index in [1.54, 1.807) is 13.8 Å². The van der Waals surface area contributed by atoms with Gasteiger partial charge in [0.2, 0.25) is 0 Å². The van der Waals surface area contributed by atoms with Crippen molar-refractivity contribution in [2.75, 3.05) is 0 Å². The molecular weight excluding hydrogens is 120 g/mol. The molecule has 0 aliphatic rings. The maximum Gasteiger partial charge on any atom is 0.411 e. The van der Waals surface area contributed by atoms with Crippen LogP contribution in [0.3, 0.4) is 0 Å². The van der Waals surface area contributed by atoms with Crippen LogP contribution in [-0.4, -0.2) is 12.0 Å². The van der Waals surface area contributed by atoms with E-state index in [0.717, 1.165) is 0 Å². The second-order valence-electron chi connectivity index (χ2n) is 1.94. The van der Waals surface area contributed by atoms with Crippen LogP contribution in [-0.2, 0) is 4.74 Å². The third kappa shape index (κ3) is 3.52. The first-order valence-electron chi connectivity index (χ1n) is 2.59. The van der Waals surface area contributed by atoms with Crippen LogP contribution in [0.15, 0.2) is 0 Å². The van der Waals surface area contributed by atoms with Crippen LogP contribution in [0.2, 0.25) is 0 Å². The lowest BCUT2D eigenvalue weighted by molar-refractivity contribution is 0.204. The lowest BCUT2D eigenvalue weighted by Crippen LogP contribution is -2.21. The minimum absolute atomic E-state index is 0.0856. The maximum atomic E-state index is 9.97. The minimum atomic E-state index is -0.922. The molecule has 52 valence electrons. The Morgan fingerprint density at radius 3 is 2.22 bits per heavy atom. The molecule has 3 N–H and O–H groups in total. The fourth-order valence-corrected chi connectivity index (χ4v) is 0.226. The summed E-state index contributed by atoms with van der Waals surface area (Å²) in [5.74, 6) is -0.181. The summed E-state index contributed by atoms with van der Waals surface area (Å²) in [6.45, 7) is 3.48. The van der Waals surface area contributed by atoms with Gasteiger partial charge in [-0.2, -0.15) is 0 Å². The summed E-state index contributed by atoms with van der Waals surface area (Å²) in [7, 11) is 0. The number of hydrogen-bond acceptors (Lipinski definition) is 3. The predicted molar refractivity (Wildman–Crippen MR) is 33.2 cm³/mol. The number of nitrogens with two attached hydrogens (primary N) is 1. The third-order valence-corrected chi connectivity index (χ3v) is 0.735. The molecule has 0 aromatic rings. The zero-order valence-electron chi connectivity index (χ0n) is 5.47. The van der Waals surface area contributed by atoms with Gasteiger partial charge >= 0.3 is 6.09 Å². The highest BCUT2D eigenvalue weighted by Crippen LogP contribution is 1.94. The van der Waals surface area contributed by atoms with Gasteiger partial charge in [0.15, 0.2) is 5.90 Å². The molecular formula is C5H10N2O2. The van der Waals surface area contributed by atoms with Crippen molar-refractivity contribution in [2.24, 2.45) is 11.7 Å². The Hall–Kier alpha value is -1.06. The van der Waals surface area contributed by atoms with Crippen molar-refractivity contribution >= 4 is 12.0 Å². The molecule has 0 aromatic heterocycles. The average molecular weight is 130 g/mol. The molecule has 1 amide bonds. The highest BCUT2D eigenvalue weighted by molar-refractivity contribution is 5.86. The van der Waals surface area contributed by atoms with E-state index in [9.17, 15) is 4.79 Å². The number of hydrogen-bond donors (Lipinski definition) is 2. The van der Waals surface area contributed by atoms with Crippen LogP contribution in [0.5, 0.6) is 0 Å². The first-order valence-corrected chi connectivity index (χ1v) is 2.59. The monoisotopic (exact) mass is 130 g/mol. The van der Waals surface area contributed by atoms with Crippen molar-refractivity contribution in [3.8, 4) is 0 Å². The molecule has 0 bridgehead atoms. The summed E-state index contributed by atoms with van der Waals surface area (Å²) in [6.07, 6.45) is -0.922. The number of primary amides is 1.